The van der Waals surface area contributed by atoms with Gasteiger partial charge in [0.1, 0.15) is 5.76 Å². The molecule has 0 amide bonds. The zero-order valence-corrected chi connectivity index (χ0v) is 14.3. The fraction of sp³-hybridized carbons (Fsp3) is 0.667. The zero-order chi connectivity index (χ0) is 16.2. The van der Waals surface area contributed by atoms with Crippen LogP contribution in [0.5, 0.6) is 0 Å². The van der Waals surface area contributed by atoms with Gasteiger partial charge in [0, 0.05) is 32.6 Å². The minimum absolute atomic E-state index is 0.169. The predicted octanol–water partition coefficient (Wildman–Crippen LogP) is 1.30. The van der Waals surface area contributed by atoms with Crippen LogP contribution in [0.2, 0.25) is 0 Å². The molecule has 1 aromatic rings. The Bertz CT molecular complexity index is 606. The summed E-state index contributed by atoms with van der Waals surface area (Å²) in [7, 11) is -3.04. The van der Waals surface area contributed by atoms with Gasteiger partial charge in [-0.15, -0.1) is 0 Å². The van der Waals surface area contributed by atoms with Gasteiger partial charge in [-0.1, -0.05) is 0 Å². The molecule has 2 heterocycles. The molecule has 1 fully saturated rings. The first-order valence-corrected chi connectivity index (χ1v) is 9.29. The van der Waals surface area contributed by atoms with E-state index in [2.05, 4.69) is 10.3 Å². The Labute approximate surface area is 132 Å². The van der Waals surface area contributed by atoms with Crippen LogP contribution in [0.4, 0.5) is 0 Å². The summed E-state index contributed by atoms with van der Waals surface area (Å²) in [5.74, 6) is 1.85. The Kier molecular flexibility index (Phi) is 5.16. The molecule has 1 aliphatic heterocycles. The van der Waals surface area contributed by atoms with Crippen LogP contribution < -0.4 is 5.32 Å². The Balaban J connectivity index is 2.04. The molecule has 22 heavy (non-hydrogen) atoms. The second kappa shape index (κ2) is 6.73. The van der Waals surface area contributed by atoms with E-state index in [1.807, 2.05) is 24.0 Å². The highest BCUT2D eigenvalue weighted by Gasteiger charge is 2.40. The maximum atomic E-state index is 12.1. The lowest BCUT2D eigenvalue weighted by Gasteiger charge is -2.39. The SMILES string of the molecule is CCNC(=NCCc1ccco1)N1CCS(=O)(=O)C(C)(C)C1. The first-order valence-electron chi connectivity index (χ1n) is 7.63. The van der Waals surface area contributed by atoms with Gasteiger partial charge in [-0.05, 0) is 32.9 Å². The van der Waals surface area contributed by atoms with Crippen LogP contribution in [0.3, 0.4) is 0 Å². The van der Waals surface area contributed by atoms with Crippen molar-refractivity contribution in [2.75, 3.05) is 31.9 Å². The van der Waals surface area contributed by atoms with E-state index < -0.39 is 14.6 Å². The van der Waals surface area contributed by atoms with E-state index in [1.54, 1.807) is 20.1 Å². The van der Waals surface area contributed by atoms with Crippen molar-refractivity contribution in [3.05, 3.63) is 24.2 Å². The topological polar surface area (TPSA) is 74.9 Å². The largest absolute Gasteiger partial charge is 0.469 e. The molecule has 0 saturated carbocycles. The third kappa shape index (κ3) is 3.82. The molecular formula is C15H25N3O3S. The molecule has 0 aliphatic carbocycles. The quantitative estimate of drug-likeness (QED) is 0.666. The molecule has 7 heteroatoms. The van der Waals surface area contributed by atoms with E-state index in [-0.39, 0.29) is 5.75 Å². The molecule has 0 bridgehead atoms. The van der Waals surface area contributed by atoms with Crippen LogP contribution in [0.15, 0.2) is 27.8 Å². The molecule has 6 nitrogen and oxygen atoms in total. The summed E-state index contributed by atoms with van der Waals surface area (Å²) < 4.78 is 28.7. The first-order chi connectivity index (χ1) is 10.4. The summed E-state index contributed by atoms with van der Waals surface area (Å²) in [5.41, 5.74) is 0. The Morgan fingerprint density at radius 2 is 2.27 bits per heavy atom. The zero-order valence-electron chi connectivity index (χ0n) is 13.5. The average Bonchev–Trinajstić information content (AvgIpc) is 2.94. The van der Waals surface area contributed by atoms with Crippen molar-refractivity contribution in [3.8, 4) is 0 Å². The number of hydrogen-bond donors (Lipinski definition) is 1. The fourth-order valence-corrected chi connectivity index (χ4v) is 3.84. The number of rotatable bonds is 4. The van der Waals surface area contributed by atoms with Gasteiger partial charge in [-0.2, -0.15) is 0 Å². The van der Waals surface area contributed by atoms with Crippen molar-refractivity contribution in [1.82, 2.24) is 10.2 Å². The smallest absolute Gasteiger partial charge is 0.194 e. The third-order valence-electron chi connectivity index (χ3n) is 3.88. The van der Waals surface area contributed by atoms with Gasteiger partial charge < -0.3 is 14.6 Å². The molecule has 124 valence electrons. The lowest BCUT2D eigenvalue weighted by Crippen LogP contribution is -2.57. The average molecular weight is 327 g/mol. The molecule has 2 rings (SSSR count). The number of guanidine groups is 1. The highest BCUT2D eigenvalue weighted by atomic mass is 32.2. The van der Waals surface area contributed by atoms with Gasteiger partial charge in [0.15, 0.2) is 15.8 Å². The Morgan fingerprint density at radius 3 is 2.86 bits per heavy atom. The van der Waals surface area contributed by atoms with E-state index >= 15 is 0 Å². The molecular weight excluding hydrogens is 302 g/mol. The van der Waals surface area contributed by atoms with Gasteiger partial charge in [0.2, 0.25) is 0 Å². The van der Waals surface area contributed by atoms with Gasteiger partial charge >= 0.3 is 0 Å². The molecule has 1 aliphatic rings. The number of aliphatic imine (C=N–C) groups is 1. The monoisotopic (exact) mass is 327 g/mol. The van der Waals surface area contributed by atoms with E-state index in [1.165, 1.54) is 0 Å². The second-order valence-electron chi connectivity index (χ2n) is 6.07. The van der Waals surface area contributed by atoms with Crippen LogP contribution >= 0.6 is 0 Å². The van der Waals surface area contributed by atoms with Gasteiger partial charge in [-0.25, -0.2) is 8.42 Å². The number of nitrogens with zero attached hydrogens (tertiary/aromatic N) is 2. The number of hydrogen-bond acceptors (Lipinski definition) is 4. The maximum Gasteiger partial charge on any atom is 0.194 e. The molecule has 0 unspecified atom stereocenters. The minimum Gasteiger partial charge on any atom is -0.469 e. The summed E-state index contributed by atoms with van der Waals surface area (Å²) in [5, 5.41) is 3.25. The number of nitrogens with one attached hydrogen (secondary N) is 1. The lowest BCUT2D eigenvalue weighted by molar-refractivity contribution is 0.353. The second-order valence-corrected chi connectivity index (χ2v) is 8.81. The van der Waals surface area contributed by atoms with Crippen LogP contribution in [-0.4, -0.2) is 56.0 Å². The minimum atomic E-state index is -3.04. The fourth-order valence-electron chi connectivity index (χ4n) is 2.48. The van der Waals surface area contributed by atoms with Gasteiger partial charge in [0.25, 0.3) is 0 Å². The summed E-state index contributed by atoms with van der Waals surface area (Å²) in [4.78, 5) is 6.64. The van der Waals surface area contributed by atoms with Crippen molar-refractivity contribution in [2.24, 2.45) is 4.99 Å². The lowest BCUT2D eigenvalue weighted by atomic mass is 10.2. The maximum absolute atomic E-state index is 12.1. The van der Waals surface area contributed by atoms with Gasteiger partial charge in [-0.3, -0.25) is 4.99 Å². The van der Waals surface area contributed by atoms with Crippen molar-refractivity contribution < 1.29 is 12.8 Å². The van der Waals surface area contributed by atoms with Crippen molar-refractivity contribution in [1.29, 1.82) is 0 Å². The van der Waals surface area contributed by atoms with Crippen molar-refractivity contribution in [3.63, 3.8) is 0 Å². The molecule has 1 saturated heterocycles. The first kappa shape index (κ1) is 16.9. The van der Waals surface area contributed by atoms with Gasteiger partial charge in [0.05, 0.1) is 16.8 Å². The molecule has 0 atom stereocenters. The third-order valence-corrected chi connectivity index (χ3v) is 6.41. The number of furan rings is 1. The van der Waals surface area contributed by atoms with E-state index in [0.717, 1.165) is 24.7 Å². The number of sulfone groups is 1. The highest BCUT2D eigenvalue weighted by Crippen LogP contribution is 2.23. The summed E-state index contributed by atoms with van der Waals surface area (Å²) in [6.45, 7) is 7.87. The van der Waals surface area contributed by atoms with Crippen molar-refractivity contribution >= 4 is 15.8 Å². The molecule has 0 radical (unpaired) electrons. The van der Waals surface area contributed by atoms with E-state index in [9.17, 15) is 8.42 Å². The van der Waals surface area contributed by atoms with Crippen LogP contribution in [0, 0.1) is 0 Å². The van der Waals surface area contributed by atoms with Crippen molar-refractivity contribution in [2.45, 2.75) is 31.9 Å². The molecule has 0 aromatic carbocycles. The normalized spacial score (nSPS) is 20.9. The standard InChI is InChI=1S/C15H25N3O3S/c1-4-16-14(17-8-7-13-6-5-10-21-13)18-9-11-22(19,20)15(2,3)12-18/h5-6,10H,4,7-9,11-12H2,1-3H3,(H,16,17). The highest BCUT2D eigenvalue weighted by molar-refractivity contribution is 7.92. The van der Waals surface area contributed by atoms with E-state index in [0.29, 0.717) is 19.6 Å². The summed E-state index contributed by atoms with van der Waals surface area (Å²) in [6.07, 6.45) is 2.39. The van der Waals surface area contributed by atoms with Crippen LogP contribution in [0.1, 0.15) is 26.5 Å². The molecule has 1 N–H and O–H groups in total. The predicted molar refractivity (Wildman–Crippen MR) is 87.8 cm³/mol. The molecule has 1 aromatic heterocycles. The Morgan fingerprint density at radius 1 is 1.50 bits per heavy atom. The van der Waals surface area contributed by atoms with Crippen LogP contribution in [0.25, 0.3) is 0 Å². The summed E-state index contributed by atoms with van der Waals surface area (Å²) >= 11 is 0. The van der Waals surface area contributed by atoms with E-state index in [4.69, 9.17) is 4.42 Å². The molecule has 0 spiro atoms. The Hall–Kier alpha value is -1.50. The summed E-state index contributed by atoms with van der Waals surface area (Å²) in [6, 6.07) is 3.79. The van der Waals surface area contributed by atoms with Crippen LogP contribution in [-0.2, 0) is 16.3 Å².